The number of aliphatic carboxylic acids is 1. The van der Waals surface area contributed by atoms with Crippen molar-refractivity contribution in [2.24, 2.45) is 0 Å². The molecule has 0 aromatic rings. The molecule has 0 aromatic carbocycles. The molecule has 0 radical (unpaired) electrons. The molecule has 0 unspecified atom stereocenters. The largest absolute Gasteiger partial charge is 0.479 e. The normalized spacial score (nSPS) is 53.6. The smallest absolute Gasteiger partial charge is 0.335 e. The van der Waals surface area contributed by atoms with Gasteiger partial charge in [0.1, 0.15) is 201 Å². The lowest BCUT2D eigenvalue weighted by Crippen LogP contribution is -2.66. The monoisotopic (exact) mass is 1510 g/mol. The molecule has 0 saturated carbocycles. The van der Waals surface area contributed by atoms with Crippen LogP contribution in [0.3, 0.4) is 0 Å². The summed E-state index contributed by atoms with van der Waals surface area (Å²) < 4.78 is 123. The topological polar surface area (TPSA) is 717 Å². The molecule has 11 heterocycles. The van der Waals surface area contributed by atoms with Crippen molar-refractivity contribution in [2.45, 2.75) is 277 Å². The van der Waals surface area contributed by atoms with Gasteiger partial charge in [-0.25, -0.2) is 4.79 Å². The molecule has 11 aliphatic heterocycles. The van der Waals surface area contributed by atoms with Crippen molar-refractivity contribution in [3.63, 3.8) is 0 Å². The summed E-state index contributed by atoms with van der Waals surface area (Å²) in [5.74, 6) is -1.83. The van der Waals surface area contributed by atoms with Gasteiger partial charge < -0.3 is 227 Å². The van der Waals surface area contributed by atoms with Crippen LogP contribution in [0.15, 0.2) is 0 Å². The number of hydrogen-bond donors (Lipinski definition) is 25. The number of rotatable bonds is 26. The Labute approximate surface area is 579 Å². The van der Waals surface area contributed by atoms with Gasteiger partial charge in [0.05, 0.1) is 66.1 Å². The minimum Gasteiger partial charge on any atom is -0.479 e. The molecule has 45 atom stereocenters. The van der Waals surface area contributed by atoms with Crippen LogP contribution < -0.4 is 0 Å². The fourth-order valence-electron chi connectivity index (χ4n) is 13.3. The van der Waals surface area contributed by atoms with E-state index in [1.165, 1.54) is 0 Å². The summed E-state index contributed by atoms with van der Waals surface area (Å²) in [6.45, 7) is -8.32. The van der Waals surface area contributed by atoms with E-state index >= 15 is 0 Å². The van der Waals surface area contributed by atoms with Gasteiger partial charge in [-0.2, -0.15) is 0 Å². The quantitative estimate of drug-likeness (QED) is 0.0382. The van der Waals surface area contributed by atoms with Crippen LogP contribution in [-0.4, -0.2) is 476 Å². The van der Waals surface area contributed by atoms with E-state index in [4.69, 9.17) is 99.5 Å². The molecule has 11 fully saturated rings. The lowest BCUT2D eigenvalue weighted by atomic mass is 9.98. The van der Waals surface area contributed by atoms with Gasteiger partial charge in [0, 0.05) is 0 Å². The van der Waals surface area contributed by atoms with Gasteiger partial charge in [-0.3, -0.25) is 0 Å². The number of aliphatic hydroxyl groups is 24. The summed E-state index contributed by atoms with van der Waals surface area (Å²) in [5.41, 5.74) is 0. The Morgan fingerprint density at radius 3 is 1.06 bits per heavy atom. The number of carboxylic acid groups (broad SMARTS) is 1. The van der Waals surface area contributed by atoms with Crippen molar-refractivity contribution in [2.75, 3.05) is 66.1 Å². The van der Waals surface area contributed by atoms with Crippen LogP contribution in [0, 0.1) is 0 Å². The molecule has 0 aromatic heterocycles. The SMILES string of the molecule is O=C(O)[C@H]1O[C@H](O[C@H]2[C@H](O[C@@H]3CO[C@@H](O[C@@H]4CO[C@@H](O[C@@H]5CO[C@@H](O[C@@H]6CO[C@@H](O)[C@H](O)[C@H]6O[C@H]6O[C@H](CO)[C@@H](O)[C@@H]6O[C@H]6O[C@H](CO)[C@@H](O)[C@@H]6O)[C@H](O)[C@H]5O)[C@H](O[C@H]5O[C@H](CO)[C@@H](O)[C@@H]5O)[C@H]4O[C@H]4O[C@H](CO)[C@@H](O)[C@@H]4O)[C@H](O)[C@H]3O[C@H]3O[C@H](CO)[C@@H](O)[C@@H]3O)OC[C@@H](O)[C@@H]2O)[C@H](O)[C@@H](O)[C@@H]1O. The van der Waals surface area contributed by atoms with E-state index in [2.05, 4.69) is 0 Å². The summed E-state index contributed by atoms with van der Waals surface area (Å²) in [7, 11) is 0. The summed E-state index contributed by atoms with van der Waals surface area (Å²) in [6, 6.07) is 0. The van der Waals surface area contributed by atoms with Crippen molar-refractivity contribution < 1.29 is 232 Å². The number of hydrogen-bond acceptors (Lipinski definition) is 46. The van der Waals surface area contributed by atoms with Gasteiger partial charge in [0.15, 0.2) is 75.3 Å². The maximum Gasteiger partial charge on any atom is 0.335 e. The molecule has 0 aliphatic carbocycles. The fraction of sp³-hybridized carbons (Fsp3) is 0.982. The third kappa shape index (κ3) is 17.0. The van der Waals surface area contributed by atoms with Crippen molar-refractivity contribution in [3.8, 4) is 0 Å². The van der Waals surface area contributed by atoms with E-state index in [0.717, 1.165) is 0 Å². The third-order valence-corrected chi connectivity index (χ3v) is 19.3. The molecule has 0 amide bonds. The molecule has 25 N–H and O–H groups in total. The van der Waals surface area contributed by atoms with E-state index in [1.54, 1.807) is 0 Å². The van der Waals surface area contributed by atoms with E-state index in [-0.39, 0.29) is 0 Å². The van der Waals surface area contributed by atoms with Crippen LogP contribution in [0.4, 0.5) is 0 Å². The zero-order chi connectivity index (χ0) is 74.5. The van der Waals surface area contributed by atoms with E-state index in [9.17, 15) is 132 Å². The highest BCUT2D eigenvalue weighted by atomic mass is 16.8. The Hall–Kier alpha value is -2.33. The average molecular weight is 1520 g/mol. The van der Waals surface area contributed by atoms with Gasteiger partial charge in [-0.1, -0.05) is 0 Å². The zero-order valence-corrected chi connectivity index (χ0v) is 53.7. The molecule has 596 valence electrons. The maximum atomic E-state index is 12.4. The van der Waals surface area contributed by atoms with Crippen LogP contribution in [0.2, 0.25) is 0 Å². The van der Waals surface area contributed by atoms with Gasteiger partial charge in [-0.05, 0) is 0 Å². The molecular formula is C56H90O47. The van der Waals surface area contributed by atoms with Gasteiger partial charge >= 0.3 is 5.97 Å². The second kappa shape index (κ2) is 34.9. The molecule has 0 bridgehead atoms. The minimum atomic E-state index is -2.29. The Morgan fingerprint density at radius 2 is 0.573 bits per heavy atom. The fourth-order valence-corrected chi connectivity index (χ4v) is 13.3. The predicted molar refractivity (Wildman–Crippen MR) is 303 cm³/mol. The van der Waals surface area contributed by atoms with E-state index in [1.807, 2.05) is 0 Å². The zero-order valence-electron chi connectivity index (χ0n) is 53.7. The molecule has 11 rings (SSSR count). The number of carboxylic acids is 1. The highest BCUT2D eigenvalue weighted by Crippen LogP contribution is 2.40. The predicted octanol–water partition coefficient (Wildman–Crippen LogP) is -18.5. The molecule has 0 spiro atoms. The summed E-state index contributed by atoms with van der Waals surface area (Å²) in [4.78, 5) is 12.0. The average Bonchev–Trinajstić information content (AvgIpc) is 1.73. The lowest BCUT2D eigenvalue weighted by molar-refractivity contribution is -0.393. The first-order valence-electron chi connectivity index (χ1n) is 32.8. The highest BCUT2D eigenvalue weighted by molar-refractivity contribution is 5.73. The Kier molecular flexibility index (Phi) is 27.7. The minimum absolute atomic E-state index is 0.677. The standard InChI is InChI=1S/C56H90O47/c57-1-12-22(64)31(73)49(88-12)97-39-19(96-54-42(21(63)11(62)6-84-54)101-53-35(77)28(70)29(71)41(100-53)45(80)81)9-86-48(37(39)79)95-20-10-87-55(44(103-52-34(76)25(67)15(4-60)91-52)40(20)99-50-32(74)23(65)13(2-58)89-50)93-17-7-85-47(30(72)26(17)68)94-18-8-83-46(82)36(78)38(18)98-56-43(27(69)16(5-61)92-56)102-51-33(75)24(66)14(3-59)90-51/h11-44,46-79,82H,1-10H2,(H,80,81)/t11-,12-,13-,14-,15-,16-,17-,18-,19-,20-,21+,22-,23-,24-,25-,26+,27-,28+,29+,30-,31+,32+,33+,34+,35-,36-,37-,38+,39+,40+,41+,42-,43+,44-,46-,47+,48+,49-,50-,51-,52-,53-,54+,55+,56-/m1/s1. The Balaban J connectivity index is 0.839. The number of ether oxygens (including phenoxy) is 21. The summed E-state index contributed by atoms with van der Waals surface area (Å²) >= 11 is 0. The second-order valence-electron chi connectivity index (χ2n) is 26.1. The van der Waals surface area contributed by atoms with Crippen LogP contribution in [-0.2, 0) is 104 Å². The van der Waals surface area contributed by atoms with Gasteiger partial charge in [-0.15, -0.1) is 0 Å². The van der Waals surface area contributed by atoms with Gasteiger partial charge in [0.25, 0.3) is 0 Å². The Bertz CT molecular complexity index is 2650. The van der Waals surface area contributed by atoms with Crippen molar-refractivity contribution in [1.29, 1.82) is 0 Å². The first kappa shape index (κ1) is 81.7. The van der Waals surface area contributed by atoms with Crippen LogP contribution in [0.1, 0.15) is 0 Å². The van der Waals surface area contributed by atoms with E-state index < -0.39 is 349 Å². The van der Waals surface area contributed by atoms with Crippen molar-refractivity contribution in [1.82, 2.24) is 0 Å². The van der Waals surface area contributed by atoms with Crippen LogP contribution in [0.25, 0.3) is 0 Å². The molecule has 103 heavy (non-hydrogen) atoms. The van der Waals surface area contributed by atoms with Crippen LogP contribution in [0.5, 0.6) is 0 Å². The lowest BCUT2D eigenvalue weighted by Gasteiger charge is -2.48. The van der Waals surface area contributed by atoms with E-state index in [0.29, 0.717) is 0 Å². The maximum absolute atomic E-state index is 12.4. The molecular weight excluding hydrogens is 1420 g/mol. The summed E-state index contributed by atoms with van der Waals surface area (Å²) in [6.07, 6.45) is -86.3. The first-order valence-corrected chi connectivity index (χ1v) is 32.8. The number of carbonyl (C=O) groups is 1. The highest BCUT2D eigenvalue weighted by Gasteiger charge is 2.60. The molecule has 11 saturated heterocycles. The van der Waals surface area contributed by atoms with Crippen molar-refractivity contribution >= 4 is 5.97 Å². The van der Waals surface area contributed by atoms with Crippen molar-refractivity contribution in [3.05, 3.63) is 0 Å². The van der Waals surface area contributed by atoms with Crippen LogP contribution >= 0.6 is 0 Å². The molecule has 47 nitrogen and oxygen atoms in total. The van der Waals surface area contributed by atoms with Gasteiger partial charge in [0.2, 0.25) is 0 Å². The number of aliphatic hydroxyl groups excluding tert-OH is 24. The molecule has 11 aliphatic rings. The summed E-state index contributed by atoms with van der Waals surface area (Å²) in [5, 5.41) is 269. The third-order valence-electron chi connectivity index (χ3n) is 19.3. The molecule has 47 heteroatoms. The second-order valence-corrected chi connectivity index (χ2v) is 26.1. The first-order chi connectivity index (χ1) is 49.0. The Morgan fingerprint density at radius 1 is 0.252 bits per heavy atom.